The standard InChI is InChI=1S/C13H19NO/c1-9-4-11(7-12(5-9)15-3)13-6-10(2)8-14-13/h4-5,7,10,13-14H,6,8H2,1-3H3/t10-,13+/m0/s1. The fourth-order valence-corrected chi connectivity index (χ4v) is 2.26. The molecule has 2 heteroatoms. The average molecular weight is 205 g/mol. The van der Waals surface area contributed by atoms with E-state index in [1.165, 1.54) is 17.5 Å². The molecule has 0 unspecified atom stereocenters. The third-order valence-corrected chi connectivity index (χ3v) is 3.06. The summed E-state index contributed by atoms with van der Waals surface area (Å²) >= 11 is 0. The number of methoxy groups -OCH3 is 1. The van der Waals surface area contributed by atoms with Crippen molar-refractivity contribution in [1.29, 1.82) is 0 Å². The van der Waals surface area contributed by atoms with Crippen LogP contribution < -0.4 is 10.1 Å². The normalized spacial score (nSPS) is 25.5. The summed E-state index contributed by atoms with van der Waals surface area (Å²) in [6.45, 7) is 5.53. The van der Waals surface area contributed by atoms with Gasteiger partial charge in [-0.3, -0.25) is 0 Å². The summed E-state index contributed by atoms with van der Waals surface area (Å²) in [5.41, 5.74) is 2.63. The largest absolute Gasteiger partial charge is 0.497 e. The van der Waals surface area contributed by atoms with E-state index < -0.39 is 0 Å². The summed E-state index contributed by atoms with van der Waals surface area (Å²) in [4.78, 5) is 0. The fraction of sp³-hybridized carbons (Fsp3) is 0.538. The lowest BCUT2D eigenvalue weighted by molar-refractivity contribution is 0.413. The second-order valence-corrected chi connectivity index (χ2v) is 4.59. The minimum absolute atomic E-state index is 0.508. The van der Waals surface area contributed by atoms with Crippen LogP contribution in [-0.4, -0.2) is 13.7 Å². The topological polar surface area (TPSA) is 21.3 Å². The van der Waals surface area contributed by atoms with E-state index in [1.807, 2.05) is 0 Å². The van der Waals surface area contributed by atoms with E-state index in [4.69, 9.17) is 4.74 Å². The van der Waals surface area contributed by atoms with Crippen molar-refractivity contribution in [2.24, 2.45) is 5.92 Å². The lowest BCUT2D eigenvalue weighted by atomic mass is 9.99. The molecule has 0 spiro atoms. The number of benzene rings is 1. The molecule has 1 fully saturated rings. The minimum atomic E-state index is 0.508. The summed E-state index contributed by atoms with van der Waals surface area (Å²) in [7, 11) is 1.73. The molecule has 0 bridgehead atoms. The van der Waals surface area contributed by atoms with Gasteiger partial charge in [0, 0.05) is 6.04 Å². The maximum absolute atomic E-state index is 5.29. The summed E-state index contributed by atoms with van der Waals surface area (Å²) in [6.07, 6.45) is 1.23. The highest BCUT2D eigenvalue weighted by Gasteiger charge is 2.22. The molecular formula is C13H19NO. The Kier molecular flexibility index (Phi) is 2.96. The van der Waals surface area contributed by atoms with E-state index in [0.717, 1.165) is 18.2 Å². The molecule has 0 radical (unpaired) electrons. The quantitative estimate of drug-likeness (QED) is 0.801. The van der Waals surface area contributed by atoms with E-state index in [2.05, 4.69) is 37.4 Å². The molecule has 1 aromatic carbocycles. The van der Waals surface area contributed by atoms with E-state index in [-0.39, 0.29) is 0 Å². The summed E-state index contributed by atoms with van der Waals surface area (Å²) < 4.78 is 5.29. The third-order valence-electron chi connectivity index (χ3n) is 3.06. The summed E-state index contributed by atoms with van der Waals surface area (Å²) in [6, 6.07) is 6.97. The molecule has 0 aromatic heterocycles. The molecule has 1 saturated heterocycles. The fourth-order valence-electron chi connectivity index (χ4n) is 2.26. The number of nitrogens with one attached hydrogen (secondary N) is 1. The number of rotatable bonds is 2. The van der Waals surface area contributed by atoms with Gasteiger partial charge in [0.2, 0.25) is 0 Å². The van der Waals surface area contributed by atoms with Crippen molar-refractivity contribution in [3.05, 3.63) is 29.3 Å². The highest BCUT2D eigenvalue weighted by molar-refractivity contribution is 5.35. The van der Waals surface area contributed by atoms with E-state index in [1.54, 1.807) is 7.11 Å². The van der Waals surface area contributed by atoms with Gasteiger partial charge in [0.25, 0.3) is 0 Å². The Morgan fingerprint density at radius 3 is 2.73 bits per heavy atom. The maximum Gasteiger partial charge on any atom is 0.119 e. The van der Waals surface area contributed by atoms with Crippen LogP contribution in [0, 0.1) is 12.8 Å². The van der Waals surface area contributed by atoms with Crippen LogP contribution in [0.1, 0.15) is 30.5 Å². The zero-order valence-corrected chi connectivity index (χ0v) is 9.71. The van der Waals surface area contributed by atoms with Crippen LogP contribution in [0.15, 0.2) is 18.2 Å². The van der Waals surface area contributed by atoms with Crippen LogP contribution >= 0.6 is 0 Å². The van der Waals surface area contributed by atoms with Crippen LogP contribution in [0.4, 0.5) is 0 Å². The Hall–Kier alpha value is -1.02. The monoisotopic (exact) mass is 205 g/mol. The second-order valence-electron chi connectivity index (χ2n) is 4.59. The van der Waals surface area contributed by atoms with E-state index in [0.29, 0.717) is 6.04 Å². The van der Waals surface area contributed by atoms with Gasteiger partial charge in [-0.15, -0.1) is 0 Å². The predicted octanol–water partition coefficient (Wildman–Crippen LogP) is 2.67. The molecule has 0 saturated carbocycles. The first-order chi connectivity index (χ1) is 7.19. The number of hydrogen-bond acceptors (Lipinski definition) is 2. The van der Waals surface area contributed by atoms with Crippen LogP contribution in [0.25, 0.3) is 0 Å². The number of aryl methyl sites for hydroxylation is 1. The van der Waals surface area contributed by atoms with Gasteiger partial charge in [-0.2, -0.15) is 0 Å². The number of hydrogen-bond donors (Lipinski definition) is 1. The van der Waals surface area contributed by atoms with Crippen LogP contribution in [0.5, 0.6) is 5.75 Å². The molecule has 1 N–H and O–H groups in total. The molecule has 1 heterocycles. The van der Waals surface area contributed by atoms with Crippen molar-refractivity contribution in [3.63, 3.8) is 0 Å². The van der Waals surface area contributed by atoms with E-state index in [9.17, 15) is 0 Å². The Labute approximate surface area is 91.6 Å². The predicted molar refractivity (Wildman–Crippen MR) is 62.3 cm³/mol. The molecular weight excluding hydrogens is 186 g/mol. The summed E-state index contributed by atoms with van der Waals surface area (Å²) in [5.74, 6) is 1.74. The van der Waals surface area contributed by atoms with Gasteiger partial charge in [0.1, 0.15) is 5.75 Å². The van der Waals surface area contributed by atoms with Gasteiger partial charge in [-0.05, 0) is 49.1 Å². The molecule has 2 nitrogen and oxygen atoms in total. The maximum atomic E-state index is 5.29. The first kappa shape index (κ1) is 10.5. The van der Waals surface area contributed by atoms with Gasteiger partial charge in [-0.25, -0.2) is 0 Å². The van der Waals surface area contributed by atoms with E-state index >= 15 is 0 Å². The molecule has 15 heavy (non-hydrogen) atoms. The molecule has 2 atom stereocenters. The molecule has 1 aromatic rings. The zero-order valence-electron chi connectivity index (χ0n) is 9.71. The van der Waals surface area contributed by atoms with Crippen molar-refractivity contribution in [2.75, 3.05) is 13.7 Å². The lowest BCUT2D eigenvalue weighted by Gasteiger charge is -2.13. The molecule has 0 amide bonds. The Bertz CT molecular complexity index is 348. The van der Waals surface area contributed by atoms with Gasteiger partial charge in [0.05, 0.1) is 7.11 Å². The first-order valence-electron chi connectivity index (χ1n) is 5.58. The average Bonchev–Trinajstić information content (AvgIpc) is 2.64. The number of ether oxygens (including phenoxy) is 1. The zero-order chi connectivity index (χ0) is 10.8. The van der Waals surface area contributed by atoms with Gasteiger partial charge in [0.15, 0.2) is 0 Å². The molecule has 1 aliphatic heterocycles. The van der Waals surface area contributed by atoms with Crippen molar-refractivity contribution in [3.8, 4) is 5.75 Å². The molecule has 2 rings (SSSR count). The molecule has 1 aliphatic rings. The second kappa shape index (κ2) is 4.23. The Morgan fingerprint density at radius 1 is 1.33 bits per heavy atom. The smallest absolute Gasteiger partial charge is 0.119 e. The highest BCUT2D eigenvalue weighted by Crippen LogP contribution is 2.29. The van der Waals surface area contributed by atoms with Crippen LogP contribution in [0.3, 0.4) is 0 Å². The lowest BCUT2D eigenvalue weighted by Crippen LogP contribution is -2.13. The van der Waals surface area contributed by atoms with Gasteiger partial charge in [-0.1, -0.05) is 13.0 Å². The van der Waals surface area contributed by atoms with Crippen molar-refractivity contribution >= 4 is 0 Å². The Morgan fingerprint density at radius 2 is 2.13 bits per heavy atom. The van der Waals surface area contributed by atoms with Gasteiger partial charge >= 0.3 is 0 Å². The molecule has 82 valence electrons. The van der Waals surface area contributed by atoms with Crippen LogP contribution in [-0.2, 0) is 0 Å². The SMILES string of the molecule is COc1cc(C)cc([C@H]2C[C@H](C)CN2)c1. The summed E-state index contributed by atoms with van der Waals surface area (Å²) in [5, 5.41) is 3.55. The van der Waals surface area contributed by atoms with Crippen molar-refractivity contribution in [1.82, 2.24) is 5.32 Å². The first-order valence-corrected chi connectivity index (χ1v) is 5.58. The minimum Gasteiger partial charge on any atom is -0.497 e. The Balaban J connectivity index is 2.24. The molecule has 0 aliphatic carbocycles. The van der Waals surface area contributed by atoms with Crippen LogP contribution in [0.2, 0.25) is 0 Å². The highest BCUT2D eigenvalue weighted by atomic mass is 16.5. The third kappa shape index (κ3) is 2.32. The van der Waals surface area contributed by atoms with Crippen molar-refractivity contribution < 1.29 is 4.74 Å². The van der Waals surface area contributed by atoms with Crippen molar-refractivity contribution in [2.45, 2.75) is 26.3 Å². The van der Waals surface area contributed by atoms with Gasteiger partial charge < -0.3 is 10.1 Å².